The average molecular weight is 281 g/mol. The predicted molar refractivity (Wildman–Crippen MR) is 76.7 cm³/mol. The van der Waals surface area contributed by atoms with Gasteiger partial charge in [0.1, 0.15) is 5.78 Å². The summed E-state index contributed by atoms with van der Waals surface area (Å²) in [7, 11) is 0. The van der Waals surface area contributed by atoms with Gasteiger partial charge in [0.05, 0.1) is 12.2 Å². The molecule has 2 atom stereocenters. The molecular formula is C16H27NO3. The fourth-order valence-electron chi connectivity index (χ4n) is 3.89. The van der Waals surface area contributed by atoms with Gasteiger partial charge in [-0.15, -0.1) is 0 Å². The Balaban J connectivity index is 1.46. The lowest BCUT2D eigenvalue weighted by Gasteiger charge is -2.36. The van der Waals surface area contributed by atoms with Crippen LogP contribution in [0.5, 0.6) is 0 Å². The molecule has 20 heavy (non-hydrogen) atoms. The van der Waals surface area contributed by atoms with Crippen LogP contribution in [0.2, 0.25) is 0 Å². The van der Waals surface area contributed by atoms with Gasteiger partial charge in [-0.2, -0.15) is 0 Å². The molecule has 0 bridgehead atoms. The zero-order valence-corrected chi connectivity index (χ0v) is 12.4. The zero-order valence-electron chi connectivity index (χ0n) is 12.4. The highest BCUT2D eigenvalue weighted by molar-refractivity contribution is 5.81. The number of hydrogen-bond acceptors (Lipinski definition) is 4. The van der Waals surface area contributed by atoms with Crippen molar-refractivity contribution < 1.29 is 14.3 Å². The molecule has 0 aromatic carbocycles. The maximum Gasteiger partial charge on any atom is 0.136 e. The average Bonchev–Trinajstić information content (AvgIpc) is 2.93. The predicted octanol–water partition coefficient (Wildman–Crippen LogP) is 1.92. The van der Waals surface area contributed by atoms with E-state index in [1.54, 1.807) is 0 Å². The Morgan fingerprint density at radius 3 is 2.80 bits per heavy atom. The minimum absolute atomic E-state index is 0.132. The van der Waals surface area contributed by atoms with Crippen molar-refractivity contribution in [2.24, 2.45) is 11.8 Å². The summed E-state index contributed by atoms with van der Waals surface area (Å²) >= 11 is 0. The molecule has 0 aromatic heterocycles. The van der Waals surface area contributed by atoms with Gasteiger partial charge in [-0.1, -0.05) is 0 Å². The topological polar surface area (TPSA) is 47.6 Å². The summed E-state index contributed by atoms with van der Waals surface area (Å²) in [6.07, 6.45) is 7.08. The SMILES string of the molecule is O=C(CCC1CCNCC1)C1CCOC2(CCOC2)C1. The van der Waals surface area contributed by atoms with Crippen LogP contribution >= 0.6 is 0 Å². The molecule has 1 spiro atoms. The van der Waals surface area contributed by atoms with Crippen LogP contribution in [0.4, 0.5) is 0 Å². The third-order valence-corrected chi connectivity index (χ3v) is 5.27. The Labute approximate surface area is 121 Å². The van der Waals surface area contributed by atoms with Crippen molar-refractivity contribution in [1.82, 2.24) is 5.32 Å². The molecule has 3 saturated heterocycles. The first kappa shape index (κ1) is 14.5. The Morgan fingerprint density at radius 2 is 2.05 bits per heavy atom. The molecule has 0 radical (unpaired) electrons. The number of nitrogens with one attached hydrogen (secondary N) is 1. The van der Waals surface area contributed by atoms with E-state index in [0.717, 1.165) is 64.3 Å². The van der Waals surface area contributed by atoms with Gasteiger partial charge >= 0.3 is 0 Å². The Morgan fingerprint density at radius 1 is 1.20 bits per heavy atom. The smallest absolute Gasteiger partial charge is 0.136 e. The number of rotatable bonds is 4. The lowest BCUT2D eigenvalue weighted by Crippen LogP contribution is -2.42. The molecule has 3 rings (SSSR count). The normalized spacial score (nSPS) is 35.5. The van der Waals surface area contributed by atoms with E-state index in [1.807, 2.05) is 0 Å². The fraction of sp³-hybridized carbons (Fsp3) is 0.938. The molecule has 2 unspecified atom stereocenters. The van der Waals surface area contributed by atoms with E-state index >= 15 is 0 Å². The first-order valence-electron chi connectivity index (χ1n) is 8.23. The van der Waals surface area contributed by atoms with Crippen LogP contribution in [0.25, 0.3) is 0 Å². The Hall–Kier alpha value is -0.450. The Bertz CT molecular complexity index is 333. The van der Waals surface area contributed by atoms with Crippen LogP contribution in [-0.4, -0.2) is 44.3 Å². The third kappa shape index (κ3) is 3.41. The molecule has 114 valence electrons. The van der Waals surface area contributed by atoms with Crippen molar-refractivity contribution in [3.8, 4) is 0 Å². The van der Waals surface area contributed by atoms with Crippen LogP contribution in [0.3, 0.4) is 0 Å². The fourth-order valence-corrected chi connectivity index (χ4v) is 3.89. The first-order valence-corrected chi connectivity index (χ1v) is 8.23. The summed E-state index contributed by atoms with van der Waals surface area (Å²) in [5.41, 5.74) is -0.132. The molecule has 3 aliphatic rings. The van der Waals surface area contributed by atoms with Gasteiger partial charge in [-0.25, -0.2) is 0 Å². The summed E-state index contributed by atoms with van der Waals surface area (Å²) in [4.78, 5) is 12.5. The number of hydrogen-bond donors (Lipinski definition) is 1. The monoisotopic (exact) mass is 281 g/mol. The van der Waals surface area contributed by atoms with Crippen LogP contribution in [-0.2, 0) is 14.3 Å². The third-order valence-electron chi connectivity index (χ3n) is 5.27. The zero-order chi connectivity index (χ0) is 13.8. The van der Waals surface area contributed by atoms with Gasteiger partial charge in [-0.3, -0.25) is 4.79 Å². The van der Waals surface area contributed by atoms with Crippen molar-refractivity contribution in [3.05, 3.63) is 0 Å². The molecule has 4 nitrogen and oxygen atoms in total. The summed E-state index contributed by atoms with van der Waals surface area (Å²) in [6, 6.07) is 0. The maximum absolute atomic E-state index is 12.5. The van der Waals surface area contributed by atoms with Gasteiger partial charge in [0.2, 0.25) is 0 Å². The second kappa shape index (κ2) is 6.54. The van der Waals surface area contributed by atoms with Crippen molar-refractivity contribution in [2.45, 2.75) is 50.5 Å². The van der Waals surface area contributed by atoms with Gasteiger partial charge in [0.25, 0.3) is 0 Å². The van der Waals surface area contributed by atoms with Crippen LogP contribution in [0.15, 0.2) is 0 Å². The second-order valence-electron chi connectivity index (χ2n) is 6.72. The number of Topliss-reactive ketones (excluding diaryl/α,β-unsaturated/α-hetero) is 1. The van der Waals surface area contributed by atoms with Crippen molar-refractivity contribution >= 4 is 5.78 Å². The number of ether oxygens (including phenoxy) is 2. The summed E-state index contributed by atoms with van der Waals surface area (Å²) in [5, 5.41) is 3.38. The van der Waals surface area contributed by atoms with E-state index in [1.165, 1.54) is 12.8 Å². The minimum atomic E-state index is -0.132. The molecule has 1 N–H and O–H groups in total. The minimum Gasteiger partial charge on any atom is -0.378 e. The van der Waals surface area contributed by atoms with Crippen molar-refractivity contribution in [1.29, 1.82) is 0 Å². The molecule has 0 aliphatic carbocycles. The largest absolute Gasteiger partial charge is 0.378 e. The Kier molecular flexibility index (Phi) is 4.74. The molecule has 0 saturated carbocycles. The summed E-state index contributed by atoms with van der Waals surface area (Å²) in [6.45, 7) is 4.45. The van der Waals surface area contributed by atoms with E-state index < -0.39 is 0 Å². The molecule has 0 amide bonds. The lowest BCUT2D eigenvalue weighted by molar-refractivity contribution is -0.137. The van der Waals surface area contributed by atoms with E-state index in [-0.39, 0.29) is 11.5 Å². The van der Waals surface area contributed by atoms with Gasteiger partial charge in [-0.05, 0) is 51.1 Å². The number of carbonyl (C=O) groups excluding carboxylic acids is 1. The summed E-state index contributed by atoms with van der Waals surface area (Å²) in [5.74, 6) is 1.44. The van der Waals surface area contributed by atoms with E-state index in [2.05, 4.69) is 5.32 Å². The van der Waals surface area contributed by atoms with E-state index in [0.29, 0.717) is 12.4 Å². The molecule has 3 heterocycles. The molecule has 4 heteroatoms. The molecule has 0 aromatic rings. The number of carbonyl (C=O) groups is 1. The van der Waals surface area contributed by atoms with Gasteiger partial charge < -0.3 is 14.8 Å². The van der Waals surface area contributed by atoms with Crippen LogP contribution < -0.4 is 5.32 Å². The molecular weight excluding hydrogens is 254 g/mol. The van der Waals surface area contributed by atoms with E-state index in [9.17, 15) is 4.79 Å². The van der Waals surface area contributed by atoms with E-state index in [4.69, 9.17) is 9.47 Å². The number of ketones is 1. The molecule has 3 aliphatic heterocycles. The van der Waals surface area contributed by atoms with Crippen LogP contribution in [0.1, 0.15) is 44.9 Å². The van der Waals surface area contributed by atoms with Gasteiger partial charge in [0, 0.05) is 32.0 Å². The van der Waals surface area contributed by atoms with Crippen LogP contribution in [0, 0.1) is 11.8 Å². The van der Waals surface area contributed by atoms with Crippen molar-refractivity contribution in [3.63, 3.8) is 0 Å². The highest BCUT2D eigenvalue weighted by Gasteiger charge is 2.42. The standard InChI is InChI=1S/C16H27NO3/c18-15(2-1-13-3-7-17-8-4-13)14-5-9-20-16(11-14)6-10-19-12-16/h13-14,17H,1-12H2. The first-order chi connectivity index (χ1) is 9.77. The molecule has 3 fully saturated rings. The highest BCUT2D eigenvalue weighted by Crippen LogP contribution is 2.36. The highest BCUT2D eigenvalue weighted by atomic mass is 16.6. The lowest BCUT2D eigenvalue weighted by atomic mass is 9.80. The summed E-state index contributed by atoms with van der Waals surface area (Å²) < 4.78 is 11.4. The van der Waals surface area contributed by atoms with Gasteiger partial charge in [0.15, 0.2) is 0 Å². The van der Waals surface area contributed by atoms with Crippen molar-refractivity contribution in [2.75, 3.05) is 32.9 Å². The second-order valence-corrected chi connectivity index (χ2v) is 6.72. The number of piperidine rings is 1. The quantitative estimate of drug-likeness (QED) is 0.855. The maximum atomic E-state index is 12.5.